The van der Waals surface area contributed by atoms with E-state index in [1.54, 1.807) is 19.2 Å². The Morgan fingerprint density at radius 1 is 1.26 bits per heavy atom. The minimum Gasteiger partial charge on any atom is -0.497 e. The summed E-state index contributed by atoms with van der Waals surface area (Å²) in [5, 5.41) is 0.577. The number of methoxy groups -OCH3 is 1. The number of nitrogen functional groups attached to an aromatic ring is 1. The molecule has 6 heteroatoms. The van der Waals surface area contributed by atoms with E-state index >= 15 is 0 Å². The smallest absolute Gasteiger partial charge is 0.221 e. The number of aromatic nitrogens is 2. The van der Waals surface area contributed by atoms with E-state index in [1.807, 2.05) is 18.4 Å². The fourth-order valence-electron chi connectivity index (χ4n) is 1.70. The zero-order valence-electron chi connectivity index (χ0n) is 10.6. The SMILES string of the molecule is COc1ccc(-c2nc(N)nc(SC)c2C=O)cc1. The van der Waals surface area contributed by atoms with Gasteiger partial charge in [-0.1, -0.05) is 0 Å². The topological polar surface area (TPSA) is 78.1 Å². The third-order valence-corrected chi connectivity index (χ3v) is 3.30. The van der Waals surface area contributed by atoms with Gasteiger partial charge < -0.3 is 10.5 Å². The maximum atomic E-state index is 11.3. The monoisotopic (exact) mass is 275 g/mol. The first-order valence-electron chi connectivity index (χ1n) is 5.50. The second kappa shape index (κ2) is 5.71. The molecule has 1 aromatic heterocycles. The molecule has 0 saturated heterocycles. The first-order chi connectivity index (χ1) is 9.19. The zero-order valence-corrected chi connectivity index (χ0v) is 11.4. The first-order valence-corrected chi connectivity index (χ1v) is 6.73. The highest BCUT2D eigenvalue weighted by atomic mass is 32.2. The van der Waals surface area contributed by atoms with Crippen molar-refractivity contribution in [2.24, 2.45) is 0 Å². The van der Waals surface area contributed by atoms with Gasteiger partial charge in [-0.05, 0) is 30.5 Å². The number of thioether (sulfide) groups is 1. The zero-order chi connectivity index (χ0) is 13.8. The predicted molar refractivity (Wildman–Crippen MR) is 75.6 cm³/mol. The number of ether oxygens (including phenoxy) is 1. The summed E-state index contributed by atoms with van der Waals surface area (Å²) in [6, 6.07) is 7.28. The molecule has 19 heavy (non-hydrogen) atoms. The van der Waals surface area contributed by atoms with Crippen LogP contribution in [0.1, 0.15) is 10.4 Å². The van der Waals surface area contributed by atoms with Crippen molar-refractivity contribution in [2.45, 2.75) is 5.03 Å². The van der Waals surface area contributed by atoms with Crippen LogP contribution in [-0.4, -0.2) is 29.6 Å². The lowest BCUT2D eigenvalue weighted by Crippen LogP contribution is -2.03. The van der Waals surface area contributed by atoms with Crippen molar-refractivity contribution in [1.82, 2.24) is 9.97 Å². The van der Waals surface area contributed by atoms with Crippen LogP contribution in [-0.2, 0) is 0 Å². The lowest BCUT2D eigenvalue weighted by molar-refractivity contribution is 0.112. The summed E-state index contributed by atoms with van der Waals surface area (Å²) in [5.74, 6) is 0.893. The third kappa shape index (κ3) is 2.68. The van der Waals surface area contributed by atoms with Crippen LogP contribution in [0.25, 0.3) is 11.3 Å². The van der Waals surface area contributed by atoms with Crippen molar-refractivity contribution in [3.63, 3.8) is 0 Å². The van der Waals surface area contributed by atoms with E-state index in [4.69, 9.17) is 10.5 Å². The summed E-state index contributed by atoms with van der Waals surface area (Å²) >= 11 is 1.36. The van der Waals surface area contributed by atoms with E-state index in [0.29, 0.717) is 16.3 Å². The normalized spacial score (nSPS) is 10.2. The summed E-state index contributed by atoms with van der Waals surface area (Å²) in [5.41, 5.74) is 7.46. The molecule has 0 saturated carbocycles. The number of carbonyl (C=O) groups is 1. The van der Waals surface area contributed by atoms with Crippen molar-refractivity contribution in [1.29, 1.82) is 0 Å². The maximum Gasteiger partial charge on any atom is 0.221 e. The number of hydrogen-bond donors (Lipinski definition) is 1. The van der Waals surface area contributed by atoms with Crippen LogP contribution in [0.5, 0.6) is 5.75 Å². The largest absolute Gasteiger partial charge is 0.497 e. The van der Waals surface area contributed by atoms with Gasteiger partial charge in [0.1, 0.15) is 10.8 Å². The Morgan fingerprint density at radius 3 is 2.47 bits per heavy atom. The maximum absolute atomic E-state index is 11.3. The summed E-state index contributed by atoms with van der Waals surface area (Å²) in [4.78, 5) is 19.5. The number of nitrogens with two attached hydrogens (primary N) is 1. The Hall–Kier alpha value is -2.08. The van der Waals surface area contributed by atoms with E-state index in [2.05, 4.69) is 9.97 Å². The van der Waals surface area contributed by atoms with Crippen LogP contribution in [0.2, 0.25) is 0 Å². The van der Waals surface area contributed by atoms with E-state index in [0.717, 1.165) is 17.6 Å². The molecular formula is C13H13N3O2S. The van der Waals surface area contributed by atoms with E-state index < -0.39 is 0 Å². The van der Waals surface area contributed by atoms with Gasteiger partial charge in [-0.3, -0.25) is 4.79 Å². The molecule has 5 nitrogen and oxygen atoms in total. The lowest BCUT2D eigenvalue weighted by Gasteiger charge is -2.09. The average molecular weight is 275 g/mol. The van der Waals surface area contributed by atoms with Gasteiger partial charge in [-0.15, -0.1) is 11.8 Å². The number of nitrogens with zero attached hydrogens (tertiary/aromatic N) is 2. The van der Waals surface area contributed by atoms with Gasteiger partial charge in [-0.25, -0.2) is 9.97 Å². The van der Waals surface area contributed by atoms with Crippen LogP contribution in [0.3, 0.4) is 0 Å². The minimum absolute atomic E-state index is 0.153. The summed E-state index contributed by atoms with van der Waals surface area (Å²) in [6.07, 6.45) is 2.59. The number of hydrogen-bond acceptors (Lipinski definition) is 6. The van der Waals surface area contributed by atoms with Gasteiger partial charge in [0, 0.05) is 5.56 Å². The van der Waals surface area contributed by atoms with Crippen LogP contribution < -0.4 is 10.5 Å². The quantitative estimate of drug-likeness (QED) is 0.524. The van der Waals surface area contributed by atoms with Gasteiger partial charge >= 0.3 is 0 Å². The van der Waals surface area contributed by atoms with Crippen molar-refractivity contribution in [2.75, 3.05) is 19.1 Å². The molecular weight excluding hydrogens is 262 g/mol. The highest BCUT2D eigenvalue weighted by Gasteiger charge is 2.14. The number of benzene rings is 1. The average Bonchev–Trinajstić information content (AvgIpc) is 2.46. The van der Waals surface area contributed by atoms with Crippen LogP contribution in [0.15, 0.2) is 29.3 Å². The molecule has 0 aliphatic rings. The van der Waals surface area contributed by atoms with E-state index in [-0.39, 0.29) is 5.95 Å². The molecule has 2 N–H and O–H groups in total. The second-order valence-corrected chi connectivity index (χ2v) is 4.49. The molecule has 0 fully saturated rings. The van der Waals surface area contributed by atoms with Gasteiger partial charge in [0.05, 0.1) is 18.4 Å². The van der Waals surface area contributed by atoms with Crippen molar-refractivity contribution < 1.29 is 9.53 Å². The number of anilines is 1. The Kier molecular flexibility index (Phi) is 4.01. The molecule has 0 radical (unpaired) electrons. The highest BCUT2D eigenvalue weighted by molar-refractivity contribution is 7.98. The van der Waals surface area contributed by atoms with Crippen molar-refractivity contribution in [3.8, 4) is 17.0 Å². The lowest BCUT2D eigenvalue weighted by atomic mass is 10.1. The highest BCUT2D eigenvalue weighted by Crippen LogP contribution is 2.28. The summed E-state index contributed by atoms with van der Waals surface area (Å²) < 4.78 is 5.10. The molecule has 1 heterocycles. The van der Waals surface area contributed by atoms with Crippen LogP contribution in [0, 0.1) is 0 Å². The molecule has 0 amide bonds. The number of aldehydes is 1. The fraction of sp³-hybridized carbons (Fsp3) is 0.154. The third-order valence-electron chi connectivity index (χ3n) is 2.60. The number of carbonyl (C=O) groups excluding carboxylic acids is 1. The molecule has 2 rings (SSSR count). The molecule has 0 unspecified atom stereocenters. The van der Waals surface area contributed by atoms with Gasteiger partial charge in [0.25, 0.3) is 0 Å². The van der Waals surface area contributed by atoms with E-state index in [9.17, 15) is 4.79 Å². The molecule has 0 spiro atoms. The predicted octanol–water partition coefficient (Wildman–Crippen LogP) is 2.27. The molecule has 0 bridgehead atoms. The first kappa shape index (κ1) is 13.4. The van der Waals surface area contributed by atoms with Gasteiger partial charge in [0.2, 0.25) is 5.95 Å². The molecule has 0 atom stereocenters. The van der Waals surface area contributed by atoms with Crippen LogP contribution >= 0.6 is 11.8 Å². The summed E-state index contributed by atoms with van der Waals surface area (Å²) in [6.45, 7) is 0. The Balaban J connectivity index is 2.59. The fourth-order valence-corrected chi connectivity index (χ4v) is 2.25. The molecule has 0 aliphatic carbocycles. The molecule has 2 aromatic rings. The van der Waals surface area contributed by atoms with E-state index in [1.165, 1.54) is 11.8 Å². The van der Waals surface area contributed by atoms with Crippen molar-refractivity contribution >= 4 is 24.0 Å². The summed E-state index contributed by atoms with van der Waals surface area (Å²) in [7, 11) is 1.60. The van der Waals surface area contributed by atoms with Crippen LogP contribution in [0.4, 0.5) is 5.95 Å². The van der Waals surface area contributed by atoms with Gasteiger partial charge in [-0.2, -0.15) is 0 Å². The second-order valence-electron chi connectivity index (χ2n) is 3.70. The standard InChI is InChI=1S/C13H13N3O2S/c1-18-9-5-3-8(4-6-9)11-10(7-17)12(19-2)16-13(14)15-11/h3-7H,1-2H3,(H2,14,15,16). The van der Waals surface area contributed by atoms with Crippen molar-refractivity contribution in [3.05, 3.63) is 29.8 Å². The van der Waals surface area contributed by atoms with Gasteiger partial charge in [0.15, 0.2) is 6.29 Å². The molecule has 1 aromatic carbocycles. The molecule has 98 valence electrons. The molecule has 0 aliphatic heterocycles. The Bertz CT molecular complexity index is 600. The number of rotatable bonds is 4. The Labute approximate surface area is 115 Å². The Morgan fingerprint density at radius 2 is 1.95 bits per heavy atom. The minimum atomic E-state index is 0.153.